The highest BCUT2D eigenvalue weighted by Crippen LogP contribution is 2.40. The molecule has 8 rings (SSSR count). The number of rotatable bonds is 4. The molecule has 0 aliphatic heterocycles. The van der Waals surface area contributed by atoms with Gasteiger partial charge in [0.05, 0.1) is 11.4 Å². The van der Waals surface area contributed by atoms with Gasteiger partial charge in [0.2, 0.25) is 0 Å². The summed E-state index contributed by atoms with van der Waals surface area (Å²) in [6.07, 6.45) is 2.10. The molecule has 188 valence electrons. The third-order valence-corrected chi connectivity index (χ3v) is 8.87. The van der Waals surface area contributed by atoms with Crippen LogP contribution >= 0.6 is 11.3 Å². The highest BCUT2D eigenvalue weighted by molar-refractivity contribution is 7.26. The standard InChI is InChI=1S/C37H24N2S/c1-2-10-27(11-3-1)35-36(39-23-7-6-18-34(39)38-35)29-13-8-12-28(24-29)25-19-21-26(22-20-25)30-15-9-16-32-31-14-4-5-17-33(31)40-37(30)32/h1-24H. The maximum Gasteiger partial charge on any atom is 0.137 e. The van der Waals surface area contributed by atoms with Gasteiger partial charge in [-0.2, -0.15) is 0 Å². The molecule has 3 heteroatoms. The number of nitrogens with zero attached hydrogens (tertiary/aromatic N) is 2. The summed E-state index contributed by atoms with van der Waals surface area (Å²) in [6, 6.07) is 49.7. The van der Waals surface area contributed by atoms with Crippen LogP contribution in [0.25, 0.3) is 70.6 Å². The minimum absolute atomic E-state index is 0.946. The highest BCUT2D eigenvalue weighted by atomic mass is 32.1. The lowest BCUT2D eigenvalue weighted by molar-refractivity contribution is 1.19. The summed E-state index contributed by atoms with van der Waals surface area (Å²) in [5.74, 6) is 0. The Hall–Kier alpha value is -4.99. The molecule has 0 saturated heterocycles. The van der Waals surface area contributed by atoms with E-state index in [0.29, 0.717) is 0 Å². The van der Waals surface area contributed by atoms with Crippen LogP contribution in [0.1, 0.15) is 0 Å². The maximum atomic E-state index is 5.01. The largest absolute Gasteiger partial charge is 0.299 e. The van der Waals surface area contributed by atoms with Crippen LogP contribution in [0.5, 0.6) is 0 Å². The molecule has 0 amide bonds. The molecule has 8 aromatic rings. The molecular formula is C37H24N2S. The zero-order valence-electron chi connectivity index (χ0n) is 21.7. The summed E-state index contributed by atoms with van der Waals surface area (Å²) in [6.45, 7) is 0. The Bertz CT molecular complexity index is 2150. The summed E-state index contributed by atoms with van der Waals surface area (Å²) >= 11 is 1.88. The molecule has 0 aliphatic carbocycles. The summed E-state index contributed by atoms with van der Waals surface area (Å²) in [5, 5.41) is 2.66. The average molecular weight is 529 g/mol. The van der Waals surface area contributed by atoms with Crippen LogP contribution in [0.3, 0.4) is 0 Å². The van der Waals surface area contributed by atoms with Gasteiger partial charge in [0.15, 0.2) is 0 Å². The molecule has 40 heavy (non-hydrogen) atoms. The first kappa shape index (κ1) is 22.9. The zero-order chi connectivity index (χ0) is 26.5. The van der Waals surface area contributed by atoms with Crippen LogP contribution in [0.15, 0.2) is 146 Å². The molecule has 0 bridgehead atoms. The zero-order valence-corrected chi connectivity index (χ0v) is 22.5. The molecule has 0 aliphatic rings. The van der Waals surface area contributed by atoms with Crippen LogP contribution < -0.4 is 0 Å². The highest BCUT2D eigenvalue weighted by Gasteiger charge is 2.16. The van der Waals surface area contributed by atoms with E-state index in [1.165, 1.54) is 42.4 Å². The van der Waals surface area contributed by atoms with E-state index in [0.717, 1.165) is 28.2 Å². The molecule has 2 nitrogen and oxygen atoms in total. The maximum absolute atomic E-state index is 5.01. The van der Waals surface area contributed by atoms with Crippen molar-refractivity contribution in [2.45, 2.75) is 0 Å². The van der Waals surface area contributed by atoms with E-state index in [1.807, 2.05) is 23.5 Å². The Balaban J connectivity index is 1.21. The van der Waals surface area contributed by atoms with Gasteiger partial charge in [-0.25, -0.2) is 4.98 Å². The number of hydrogen-bond acceptors (Lipinski definition) is 2. The molecule has 0 spiro atoms. The first-order valence-corrected chi connectivity index (χ1v) is 14.3. The van der Waals surface area contributed by atoms with E-state index in [1.54, 1.807) is 0 Å². The molecule has 5 aromatic carbocycles. The van der Waals surface area contributed by atoms with E-state index >= 15 is 0 Å². The monoisotopic (exact) mass is 528 g/mol. The van der Waals surface area contributed by atoms with Crippen molar-refractivity contribution in [3.63, 3.8) is 0 Å². The average Bonchev–Trinajstić information content (AvgIpc) is 3.61. The van der Waals surface area contributed by atoms with Crippen molar-refractivity contribution in [2.24, 2.45) is 0 Å². The van der Waals surface area contributed by atoms with Gasteiger partial charge in [0.25, 0.3) is 0 Å². The topological polar surface area (TPSA) is 17.3 Å². The second-order valence-corrected chi connectivity index (χ2v) is 11.1. The van der Waals surface area contributed by atoms with Crippen molar-refractivity contribution in [3.8, 4) is 44.8 Å². The number of fused-ring (bicyclic) bond motifs is 4. The van der Waals surface area contributed by atoms with Gasteiger partial charge in [0, 0.05) is 37.5 Å². The fourth-order valence-electron chi connectivity index (χ4n) is 5.73. The van der Waals surface area contributed by atoms with Crippen molar-refractivity contribution < 1.29 is 0 Å². The van der Waals surface area contributed by atoms with E-state index in [4.69, 9.17) is 4.98 Å². The van der Waals surface area contributed by atoms with Gasteiger partial charge in [-0.3, -0.25) is 4.40 Å². The molecular weight excluding hydrogens is 504 g/mol. The third-order valence-electron chi connectivity index (χ3n) is 7.65. The van der Waals surface area contributed by atoms with Crippen molar-refractivity contribution in [2.75, 3.05) is 0 Å². The van der Waals surface area contributed by atoms with Crippen molar-refractivity contribution in [3.05, 3.63) is 146 Å². The Labute approximate surface area is 236 Å². The van der Waals surface area contributed by atoms with Gasteiger partial charge < -0.3 is 0 Å². The molecule has 0 unspecified atom stereocenters. The Morgan fingerprint density at radius 3 is 2.10 bits per heavy atom. The Morgan fingerprint density at radius 2 is 1.20 bits per heavy atom. The summed E-state index contributed by atoms with van der Waals surface area (Å²) in [7, 11) is 0. The molecule has 3 heterocycles. The first-order chi connectivity index (χ1) is 19.8. The quantitative estimate of drug-likeness (QED) is 0.222. The minimum Gasteiger partial charge on any atom is -0.299 e. The summed E-state index contributed by atoms with van der Waals surface area (Å²) < 4.78 is 4.87. The van der Waals surface area contributed by atoms with Crippen LogP contribution in [-0.4, -0.2) is 9.38 Å². The van der Waals surface area contributed by atoms with E-state index in [2.05, 4.69) is 138 Å². The minimum atomic E-state index is 0.946. The number of pyridine rings is 1. The fourth-order valence-corrected chi connectivity index (χ4v) is 6.97. The predicted molar refractivity (Wildman–Crippen MR) is 170 cm³/mol. The predicted octanol–water partition coefficient (Wildman–Crippen LogP) is 10.4. The van der Waals surface area contributed by atoms with Crippen LogP contribution in [0.2, 0.25) is 0 Å². The van der Waals surface area contributed by atoms with Crippen LogP contribution in [0, 0.1) is 0 Å². The first-order valence-electron chi connectivity index (χ1n) is 13.5. The lowest BCUT2D eigenvalue weighted by Gasteiger charge is -2.10. The number of benzene rings is 5. The van der Waals surface area contributed by atoms with Crippen molar-refractivity contribution >= 4 is 37.2 Å². The van der Waals surface area contributed by atoms with Gasteiger partial charge >= 0.3 is 0 Å². The third kappa shape index (κ3) is 3.75. The van der Waals surface area contributed by atoms with Gasteiger partial charge in [-0.1, -0.05) is 115 Å². The second-order valence-electron chi connectivity index (χ2n) is 10.0. The van der Waals surface area contributed by atoms with E-state index < -0.39 is 0 Å². The van der Waals surface area contributed by atoms with Crippen molar-refractivity contribution in [1.82, 2.24) is 9.38 Å². The number of hydrogen-bond donors (Lipinski definition) is 0. The Morgan fingerprint density at radius 1 is 0.500 bits per heavy atom. The molecule has 0 fully saturated rings. The van der Waals surface area contributed by atoms with Gasteiger partial charge in [0.1, 0.15) is 5.65 Å². The summed E-state index contributed by atoms with van der Waals surface area (Å²) in [4.78, 5) is 5.01. The Kier molecular flexibility index (Phi) is 5.35. The summed E-state index contributed by atoms with van der Waals surface area (Å²) in [5.41, 5.74) is 10.2. The fraction of sp³-hybridized carbons (Fsp3) is 0. The van der Waals surface area contributed by atoms with Crippen molar-refractivity contribution in [1.29, 1.82) is 0 Å². The molecule has 0 atom stereocenters. The molecule has 0 radical (unpaired) electrons. The lowest BCUT2D eigenvalue weighted by atomic mass is 9.97. The van der Waals surface area contributed by atoms with E-state index in [9.17, 15) is 0 Å². The van der Waals surface area contributed by atoms with Crippen LogP contribution in [-0.2, 0) is 0 Å². The molecule has 0 saturated carbocycles. The normalized spacial score (nSPS) is 11.5. The van der Waals surface area contributed by atoms with Crippen LogP contribution in [0.4, 0.5) is 0 Å². The van der Waals surface area contributed by atoms with Gasteiger partial charge in [-0.15, -0.1) is 11.3 Å². The van der Waals surface area contributed by atoms with Gasteiger partial charge in [-0.05, 0) is 46.5 Å². The molecule has 3 aromatic heterocycles. The smallest absolute Gasteiger partial charge is 0.137 e. The SMILES string of the molecule is c1ccc(-c2nc3ccccn3c2-c2cccc(-c3ccc(-c4cccc5c4sc4ccccc45)cc3)c2)cc1. The number of thiophene rings is 1. The lowest BCUT2D eigenvalue weighted by Crippen LogP contribution is -1.90. The number of imidazole rings is 1. The second kappa shape index (κ2) is 9.33. The van der Waals surface area contributed by atoms with E-state index in [-0.39, 0.29) is 0 Å². The molecule has 0 N–H and O–H groups in total. The number of aromatic nitrogens is 2.